The van der Waals surface area contributed by atoms with Gasteiger partial charge in [-0.2, -0.15) is 5.10 Å². The summed E-state index contributed by atoms with van der Waals surface area (Å²) < 4.78 is 14.8. The van der Waals surface area contributed by atoms with Gasteiger partial charge >= 0.3 is 0 Å². The van der Waals surface area contributed by atoms with Gasteiger partial charge in [0.05, 0.1) is 6.54 Å². The van der Waals surface area contributed by atoms with E-state index in [4.69, 9.17) is 0 Å². The van der Waals surface area contributed by atoms with E-state index in [1.54, 1.807) is 17.1 Å². The molecule has 6 heteroatoms. The van der Waals surface area contributed by atoms with Crippen molar-refractivity contribution in [2.24, 2.45) is 0 Å². The van der Waals surface area contributed by atoms with Crippen LogP contribution in [-0.2, 0) is 16.8 Å². The average molecular weight is 328 g/mol. The number of nitrogens with zero attached hydrogens (tertiary/aromatic N) is 3. The molecule has 1 aromatic carbocycles. The number of nitrogens with one attached hydrogen (secondary N) is 1. The normalized spacial score (nSPS) is 16.5. The van der Waals surface area contributed by atoms with Gasteiger partial charge in [-0.25, -0.2) is 14.1 Å². The van der Waals surface area contributed by atoms with E-state index in [0.717, 1.165) is 31.2 Å². The summed E-state index contributed by atoms with van der Waals surface area (Å²) in [6.07, 6.45) is 10.6. The first-order valence-corrected chi connectivity index (χ1v) is 8.21. The third kappa shape index (κ3) is 3.88. The minimum Gasteiger partial charge on any atom is -0.352 e. The highest BCUT2D eigenvalue weighted by Gasteiger charge is 2.35. The summed E-state index contributed by atoms with van der Waals surface area (Å²) in [5.74, 6) is -0.351. The molecule has 126 valence electrons. The van der Waals surface area contributed by atoms with E-state index in [1.807, 2.05) is 12.1 Å². The van der Waals surface area contributed by atoms with Gasteiger partial charge in [-0.1, -0.05) is 31.1 Å². The van der Waals surface area contributed by atoms with Crippen LogP contribution in [0.2, 0.25) is 0 Å². The van der Waals surface area contributed by atoms with Gasteiger partial charge in [-0.15, -0.1) is 0 Å². The van der Waals surface area contributed by atoms with Crippen LogP contribution in [0.3, 0.4) is 0 Å². The maximum atomic E-state index is 13.2. The number of rotatable bonds is 6. The van der Waals surface area contributed by atoms with Gasteiger partial charge in [0.2, 0.25) is 5.91 Å². The molecule has 1 amide bonds. The minimum atomic E-state index is -0.230. The lowest BCUT2D eigenvalue weighted by Crippen LogP contribution is -2.38. The summed E-state index contributed by atoms with van der Waals surface area (Å²) in [5.41, 5.74) is 1.02. The third-order valence-corrected chi connectivity index (χ3v) is 4.65. The van der Waals surface area contributed by atoms with Crippen LogP contribution in [0.25, 0.3) is 0 Å². The minimum absolute atomic E-state index is 0.0803. The standard InChI is InChI=1S/C18H21FN4O/c19-16-7-5-15(6-8-16)18(9-1-2-10-18)12-21-17(24)4-3-11-23-14-20-13-22-23/h3-8,13-14H,1-2,9-12H2,(H,21,24)/b4-3+. The van der Waals surface area contributed by atoms with Gasteiger partial charge in [0.15, 0.2) is 0 Å². The quantitative estimate of drug-likeness (QED) is 0.829. The predicted octanol–water partition coefficient (Wildman–Crippen LogP) is 2.60. The molecule has 0 unspecified atom stereocenters. The van der Waals surface area contributed by atoms with Crippen molar-refractivity contribution in [3.8, 4) is 0 Å². The number of allylic oxidation sites excluding steroid dienone is 1. The molecule has 1 N–H and O–H groups in total. The van der Waals surface area contributed by atoms with Gasteiger partial charge in [0.25, 0.3) is 0 Å². The zero-order chi connectivity index (χ0) is 16.8. The highest BCUT2D eigenvalue weighted by atomic mass is 19.1. The van der Waals surface area contributed by atoms with Crippen molar-refractivity contribution in [3.05, 3.63) is 60.5 Å². The van der Waals surface area contributed by atoms with Gasteiger partial charge in [-0.05, 0) is 30.5 Å². The average Bonchev–Trinajstić information content (AvgIpc) is 3.26. The zero-order valence-electron chi connectivity index (χ0n) is 13.5. The molecular formula is C18H21FN4O. The highest BCUT2D eigenvalue weighted by molar-refractivity contribution is 5.87. The van der Waals surface area contributed by atoms with Crippen LogP contribution in [0.4, 0.5) is 4.39 Å². The molecule has 0 radical (unpaired) electrons. The van der Waals surface area contributed by atoms with Gasteiger partial charge in [0, 0.05) is 18.0 Å². The summed E-state index contributed by atoms with van der Waals surface area (Å²) in [4.78, 5) is 15.9. The summed E-state index contributed by atoms with van der Waals surface area (Å²) in [6, 6.07) is 6.67. The molecule has 0 spiro atoms. The Kier molecular flexibility index (Phi) is 5.03. The molecule has 1 aromatic heterocycles. The maximum Gasteiger partial charge on any atom is 0.243 e. The molecule has 1 fully saturated rings. The van der Waals surface area contributed by atoms with Crippen LogP contribution < -0.4 is 5.32 Å². The van der Waals surface area contributed by atoms with Crippen LogP contribution in [0.5, 0.6) is 0 Å². The Morgan fingerprint density at radius 1 is 1.29 bits per heavy atom. The summed E-state index contributed by atoms with van der Waals surface area (Å²) >= 11 is 0. The second-order valence-corrected chi connectivity index (χ2v) is 6.23. The van der Waals surface area contributed by atoms with Crippen molar-refractivity contribution in [1.82, 2.24) is 20.1 Å². The van der Waals surface area contributed by atoms with Gasteiger partial charge in [0.1, 0.15) is 18.5 Å². The third-order valence-electron chi connectivity index (χ3n) is 4.65. The number of hydrogen-bond donors (Lipinski definition) is 1. The number of benzene rings is 1. The fourth-order valence-corrected chi connectivity index (χ4v) is 3.33. The maximum absolute atomic E-state index is 13.2. The van der Waals surface area contributed by atoms with Crippen molar-refractivity contribution >= 4 is 5.91 Å². The Morgan fingerprint density at radius 3 is 2.71 bits per heavy atom. The second-order valence-electron chi connectivity index (χ2n) is 6.23. The number of aromatic nitrogens is 3. The molecule has 1 aliphatic rings. The van der Waals surface area contributed by atoms with Gasteiger partial charge in [-0.3, -0.25) is 4.79 Å². The lowest BCUT2D eigenvalue weighted by atomic mass is 9.79. The topological polar surface area (TPSA) is 59.8 Å². The Bertz CT molecular complexity index is 688. The second kappa shape index (κ2) is 7.38. The van der Waals surface area contributed by atoms with E-state index in [9.17, 15) is 9.18 Å². The monoisotopic (exact) mass is 328 g/mol. The van der Waals surface area contributed by atoms with Crippen molar-refractivity contribution in [3.63, 3.8) is 0 Å². The molecular weight excluding hydrogens is 307 g/mol. The number of halogens is 1. The number of amides is 1. The first-order chi connectivity index (χ1) is 11.7. The summed E-state index contributed by atoms with van der Waals surface area (Å²) in [6.45, 7) is 1.08. The van der Waals surface area contributed by atoms with E-state index < -0.39 is 0 Å². The first kappa shape index (κ1) is 16.4. The Hall–Kier alpha value is -2.50. The van der Waals surface area contributed by atoms with Crippen molar-refractivity contribution in [2.75, 3.05) is 6.54 Å². The molecule has 1 heterocycles. The molecule has 0 saturated heterocycles. The lowest BCUT2D eigenvalue weighted by molar-refractivity contribution is -0.116. The van der Waals surface area contributed by atoms with Crippen molar-refractivity contribution in [2.45, 2.75) is 37.6 Å². The highest BCUT2D eigenvalue weighted by Crippen LogP contribution is 2.40. The summed E-state index contributed by atoms with van der Waals surface area (Å²) in [7, 11) is 0. The Balaban J connectivity index is 1.59. The van der Waals surface area contributed by atoms with Crippen LogP contribution in [0.15, 0.2) is 49.1 Å². The Morgan fingerprint density at radius 2 is 2.04 bits per heavy atom. The van der Waals surface area contributed by atoms with Crippen LogP contribution in [0.1, 0.15) is 31.2 Å². The Labute approximate surface area is 140 Å². The van der Waals surface area contributed by atoms with E-state index in [-0.39, 0.29) is 17.1 Å². The first-order valence-electron chi connectivity index (χ1n) is 8.21. The van der Waals surface area contributed by atoms with Crippen LogP contribution in [-0.4, -0.2) is 27.2 Å². The van der Waals surface area contributed by atoms with E-state index in [2.05, 4.69) is 15.4 Å². The van der Waals surface area contributed by atoms with Gasteiger partial charge < -0.3 is 5.32 Å². The largest absolute Gasteiger partial charge is 0.352 e. The van der Waals surface area contributed by atoms with Crippen molar-refractivity contribution in [1.29, 1.82) is 0 Å². The fraction of sp³-hybridized carbons (Fsp3) is 0.389. The molecule has 0 bridgehead atoms. The number of carbonyl (C=O) groups excluding carboxylic acids is 1. The van der Waals surface area contributed by atoms with E-state index in [0.29, 0.717) is 13.1 Å². The molecule has 24 heavy (non-hydrogen) atoms. The predicted molar refractivity (Wildman–Crippen MR) is 88.7 cm³/mol. The smallest absolute Gasteiger partial charge is 0.243 e. The molecule has 3 rings (SSSR count). The fourth-order valence-electron chi connectivity index (χ4n) is 3.33. The molecule has 0 aliphatic heterocycles. The van der Waals surface area contributed by atoms with E-state index in [1.165, 1.54) is 24.5 Å². The van der Waals surface area contributed by atoms with Crippen LogP contribution in [0, 0.1) is 5.82 Å². The molecule has 1 saturated carbocycles. The molecule has 5 nitrogen and oxygen atoms in total. The molecule has 2 aromatic rings. The summed E-state index contributed by atoms with van der Waals surface area (Å²) in [5, 5.41) is 6.97. The number of hydrogen-bond acceptors (Lipinski definition) is 3. The SMILES string of the molecule is O=C(/C=C/Cn1cncn1)NCC1(c2ccc(F)cc2)CCCC1. The lowest BCUT2D eigenvalue weighted by Gasteiger charge is -2.29. The van der Waals surface area contributed by atoms with Crippen molar-refractivity contribution < 1.29 is 9.18 Å². The van der Waals surface area contributed by atoms with Crippen LogP contribution >= 0.6 is 0 Å². The molecule has 0 atom stereocenters. The van der Waals surface area contributed by atoms with E-state index >= 15 is 0 Å². The zero-order valence-corrected chi connectivity index (χ0v) is 13.5. The molecule has 1 aliphatic carbocycles. The number of carbonyl (C=O) groups is 1.